The third-order valence-corrected chi connectivity index (χ3v) is 3.30. The van der Waals surface area contributed by atoms with Crippen molar-refractivity contribution in [2.24, 2.45) is 0 Å². The first-order valence-corrected chi connectivity index (χ1v) is 6.04. The van der Waals surface area contributed by atoms with Crippen molar-refractivity contribution in [1.29, 1.82) is 0 Å². The summed E-state index contributed by atoms with van der Waals surface area (Å²) in [7, 11) is 0. The van der Waals surface area contributed by atoms with E-state index in [1.165, 1.54) is 6.07 Å². The molecule has 4 heteroatoms. The molecule has 86 valence electrons. The van der Waals surface area contributed by atoms with Crippen molar-refractivity contribution in [3.8, 4) is 11.1 Å². The van der Waals surface area contributed by atoms with Crippen LogP contribution in [0.3, 0.4) is 0 Å². The molecule has 0 spiro atoms. The van der Waals surface area contributed by atoms with Crippen LogP contribution >= 0.6 is 27.5 Å². The molecule has 0 aliphatic carbocycles. The summed E-state index contributed by atoms with van der Waals surface area (Å²) in [6.07, 6.45) is 0. The number of carboxylic acids is 1. The van der Waals surface area contributed by atoms with Crippen molar-refractivity contribution in [2.45, 2.75) is 0 Å². The van der Waals surface area contributed by atoms with Crippen LogP contribution < -0.4 is 0 Å². The zero-order valence-corrected chi connectivity index (χ0v) is 11.0. The van der Waals surface area contributed by atoms with Gasteiger partial charge in [0, 0.05) is 9.50 Å². The van der Waals surface area contributed by atoms with Crippen molar-refractivity contribution in [3.05, 3.63) is 57.5 Å². The number of carboxylic acid groups (broad SMARTS) is 1. The highest BCUT2D eigenvalue weighted by Gasteiger charge is 2.13. The Morgan fingerprint density at radius 3 is 2.47 bits per heavy atom. The predicted molar refractivity (Wildman–Crippen MR) is 71.5 cm³/mol. The molecule has 0 saturated heterocycles. The number of benzene rings is 2. The van der Waals surface area contributed by atoms with Gasteiger partial charge in [-0.2, -0.15) is 0 Å². The predicted octanol–water partition coefficient (Wildman–Crippen LogP) is 4.47. The zero-order valence-electron chi connectivity index (χ0n) is 8.65. The maximum absolute atomic E-state index is 11.2. The molecule has 2 nitrogen and oxygen atoms in total. The van der Waals surface area contributed by atoms with Crippen molar-refractivity contribution in [1.82, 2.24) is 0 Å². The Hall–Kier alpha value is -1.32. The molecule has 0 radical (unpaired) electrons. The Labute approximate surface area is 112 Å². The van der Waals surface area contributed by atoms with E-state index in [1.807, 2.05) is 24.3 Å². The molecule has 0 aliphatic heterocycles. The second-order valence-corrected chi connectivity index (χ2v) is 4.77. The van der Waals surface area contributed by atoms with Crippen molar-refractivity contribution in [2.75, 3.05) is 0 Å². The fraction of sp³-hybridized carbons (Fsp3) is 0. The smallest absolute Gasteiger partial charge is 0.336 e. The van der Waals surface area contributed by atoms with E-state index in [2.05, 4.69) is 15.9 Å². The number of hydrogen-bond donors (Lipinski definition) is 1. The number of rotatable bonds is 2. The molecule has 0 unspecified atom stereocenters. The summed E-state index contributed by atoms with van der Waals surface area (Å²) in [6.45, 7) is 0. The van der Waals surface area contributed by atoms with E-state index in [-0.39, 0.29) is 5.56 Å². The summed E-state index contributed by atoms with van der Waals surface area (Å²) >= 11 is 9.22. The topological polar surface area (TPSA) is 37.3 Å². The van der Waals surface area contributed by atoms with Crippen molar-refractivity contribution >= 4 is 33.5 Å². The van der Waals surface area contributed by atoms with E-state index >= 15 is 0 Å². The molecule has 0 saturated carbocycles. The summed E-state index contributed by atoms with van der Waals surface area (Å²) in [5.41, 5.74) is 1.68. The van der Waals surface area contributed by atoms with Gasteiger partial charge in [0.1, 0.15) is 0 Å². The third-order valence-electron chi connectivity index (χ3n) is 2.38. The fourth-order valence-corrected chi connectivity index (χ4v) is 2.28. The summed E-state index contributed by atoms with van der Waals surface area (Å²) in [5, 5.41) is 9.58. The Kier molecular flexibility index (Phi) is 3.50. The lowest BCUT2D eigenvalue weighted by Crippen LogP contribution is -1.99. The highest BCUT2D eigenvalue weighted by molar-refractivity contribution is 9.10. The largest absolute Gasteiger partial charge is 0.478 e. The van der Waals surface area contributed by atoms with Gasteiger partial charge in [0.15, 0.2) is 0 Å². The minimum atomic E-state index is -0.988. The highest BCUT2D eigenvalue weighted by atomic mass is 79.9. The maximum Gasteiger partial charge on any atom is 0.336 e. The Balaban J connectivity index is 2.68. The average Bonchev–Trinajstić information content (AvgIpc) is 2.30. The first-order valence-electron chi connectivity index (χ1n) is 4.87. The van der Waals surface area contributed by atoms with Crippen LogP contribution in [-0.2, 0) is 0 Å². The highest BCUT2D eigenvalue weighted by Crippen LogP contribution is 2.32. The van der Waals surface area contributed by atoms with Crippen molar-refractivity contribution < 1.29 is 9.90 Å². The van der Waals surface area contributed by atoms with Gasteiger partial charge in [0.05, 0.1) is 5.56 Å². The lowest BCUT2D eigenvalue weighted by Gasteiger charge is -2.08. The molecule has 0 fully saturated rings. The standard InChI is InChI=1S/C13H8BrClO2/c14-12-4-2-1-3-10(12)9-6-5-8(15)7-11(9)13(16)17/h1-7H,(H,16,17). The van der Waals surface area contributed by atoms with Gasteiger partial charge in [-0.05, 0) is 29.3 Å². The van der Waals surface area contributed by atoms with Crippen LogP contribution in [0, 0.1) is 0 Å². The molecule has 0 aromatic heterocycles. The summed E-state index contributed by atoms with van der Waals surface area (Å²) in [6, 6.07) is 12.3. The summed E-state index contributed by atoms with van der Waals surface area (Å²) in [4.78, 5) is 11.2. The van der Waals surface area contributed by atoms with Gasteiger partial charge in [0.25, 0.3) is 0 Å². The quantitative estimate of drug-likeness (QED) is 0.888. The van der Waals surface area contributed by atoms with E-state index in [4.69, 9.17) is 16.7 Å². The van der Waals surface area contributed by atoms with Gasteiger partial charge >= 0.3 is 5.97 Å². The molecule has 2 rings (SSSR count). The number of halogens is 2. The zero-order chi connectivity index (χ0) is 12.4. The number of hydrogen-bond acceptors (Lipinski definition) is 1. The van der Waals surface area contributed by atoms with Crippen molar-refractivity contribution in [3.63, 3.8) is 0 Å². The Morgan fingerprint density at radius 1 is 1.12 bits per heavy atom. The van der Waals surface area contributed by atoms with E-state index in [9.17, 15) is 4.79 Å². The summed E-state index contributed by atoms with van der Waals surface area (Å²) < 4.78 is 0.852. The van der Waals surface area contributed by atoms with Gasteiger partial charge in [0.2, 0.25) is 0 Å². The van der Waals surface area contributed by atoms with Crippen LogP contribution in [0.2, 0.25) is 5.02 Å². The molecule has 0 heterocycles. The van der Waals surface area contributed by atoms with E-state index in [0.717, 1.165) is 10.0 Å². The average molecular weight is 312 g/mol. The monoisotopic (exact) mass is 310 g/mol. The van der Waals surface area contributed by atoms with E-state index in [1.54, 1.807) is 12.1 Å². The lowest BCUT2D eigenvalue weighted by molar-refractivity contribution is 0.0697. The van der Waals surface area contributed by atoms with Crippen LogP contribution in [-0.4, -0.2) is 11.1 Å². The van der Waals surface area contributed by atoms with Crippen LogP contribution in [0.15, 0.2) is 46.9 Å². The molecule has 2 aromatic rings. The maximum atomic E-state index is 11.2. The third kappa shape index (κ3) is 2.51. The molecular formula is C13H8BrClO2. The van der Waals surface area contributed by atoms with Gasteiger partial charge < -0.3 is 5.11 Å². The minimum absolute atomic E-state index is 0.199. The van der Waals surface area contributed by atoms with Crippen LogP contribution in [0.1, 0.15) is 10.4 Å². The molecule has 0 aliphatic rings. The van der Waals surface area contributed by atoms with Gasteiger partial charge in [-0.25, -0.2) is 4.79 Å². The lowest BCUT2D eigenvalue weighted by atomic mass is 10.00. The molecule has 1 N–H and O–H groups in total. The molecule has 0 atom stereocenters. The first kappa shape index (κ1) is 12.1. The molecule has 2 aromatic carbocycles. The molecule has 0 amide bonds. The Morgan fingerprint density at radius 2 is 1.82 bits per heavy atom. The van der Waals surface area contributed by atoms with E-state index < -0.39 is 5.97 Å². The number of carbonyl (C=O) groups is 1. The summed E-state index contributed by atoms with van der Waals surface area (Å²) in [5.74, 6) is -0.988. The second kappa shape index (κ2) is 4.90. The fourth-order valence-electron chi connectivity index (χ4n) is 1.61. The van der Waals surface area contributed by atoms with Crippen LogP contribution in [0.4, 0.5) is 0 Å². The van der Waals surface area contributed by atoms with Gasteiger partial charge in [-0.3, -0.25) is 0 Å². The van der Waals surface area contributed by atoms with Gasteiger partial charge in [-0.15, -0.1) is 0 Å². The number of aromatic carboxylic acids is 1. The normalized spacial score (nSPS) is 10.2. The van der Waals surface area contributed by atoms with Gasteiger partial charge in [-0.1, -0.05) is 51.8 Å². The minimum Gasteiger partial charge on any atom is -0.478 e. The van der Waals surface area contributed by atoms with Crippen LogP contribution in [0.5, 0.6) is 0 Å². The van der Waals surface area contributed by atoms with E-state index in [0.29, 0.717) is 10.6 Å². The second-order valence-electron chi connectivity index (χ2n) is 3.47. The molecular weight excluding hydrogens is 303 g/mol. The van der Waals surface area contributed by atoms with Crippen LogP contribution in [0.25, 0.3) is 11.1 Å². The first-order chi connectivity index (χ1) is 8.09. The molecule has 17 heavy (non-hydrogen) atoms. The molecule has 0 bridgehead atoms. The SMILES string of the molecule is O=C(O)c1cc(Cl)ccc1-c1ccccc1Br. The Bertz CT molecular complexity index is 581.